The van der Waals surface area contributed by atoms with Gasteiger partial charge >= 0.3 is 0 Å². The second kappa shape index (κ2) is 5.96. The summed E-state index contributed by atoms with van der Waals surface area (Å²) < 4.78 is 2.08. The highest BCUT2D eigenvalue weighted by Gasteiger charge is 2.33. The van der Waals surface area contributed by atoms with Gasteiger partial charge in [-0.1, -0.05) is 18.2 Å². The summed E-state index contributed by atoms with van der Waals surface area (Å²) in [6.07, 6.45) is 1.89. The molecule has 2 N–H and O–H groups in total. The fourth-order valence-electron chi connectivity index (χ4n) is 4.19. The number of nitrogens with zero attached hydrogens (tertiary/aromatic N) is 3. The lowest BCUT2D eigenvalue weighted by atomic mass is 10.1. The van der Waals surface area contributed by atoms with Crippen molar-refractivity contribution in [2.24, 2.45) is 5.92 Å². The van der Waals surface area contributed by atoms with Crippen molar-refractivity contribution in [2.45, 2.75) is 52.4 Å². The standard InChI is InChI=1S/C21H26N4O/c1-13-14(2)22-20-16(4-3-5-18(13)20)11-24-8-9-25-17(12-24)10-19(23-25)21(26)15-6-7-15/h3-5,10,15,21-22,26H,6-9,11-12H2,1-2H3. The highest BCUT2D eigenvalue weighted by Crippen LogP contribution is 2.40. The van der Waals surface area contributed by atoms with E-state index in [4.69, 9.17) is 0 Å². The van der Waals surface area contributed by atoms with Crippen molar-refractivity contribution in [3.05, 3.63) is 52.5 Å². The average Bonchev–Trinajstić information content (AvgIpc) is 3.34. The Labute approximate surface area is 153 Å². The van der Waals surface area contributed by atoms with E-state index in [9.17, 15) is 5.11 Å². The van der Waals surface area contributed by atoms with Crippen molar-refractivity contribution in [1.82, 2.24) is 19.7 Å². The summed E-state index contributed by atoms with van der Waals surface area (Å²) in [5, 5.41) is 16.3. The predicted octanol–water partition coefficient (Wildman–Crippen LogP) is 3.44. The zero-order valence-corrected chi connectivity index (χ0v) is 15.5. The third kappa shape index (κ3) is 2.66. The number of rotatable bonds is 4. The maximum atomic E-state index is 10.4. The van der Waals surface area contributed by atoms with Crippen LogP contribution in [-0.2, 0) is 19.6 Å². The van der Waals surface area contributed by atoms with Crippen molar-refractivity contribution in [1.29, 1.82) is 0 Å². The van der Waals surface area contributed by atoms with E-state index in [1.165, 1.54) is 33.4 Å². The van der Waals surface area contributed by atoms with E-state index in [0.717, 1.165) is 44.7 Å². The van der Waals surface area contributed by atoms with E-state index in [2.05, 4.69) is 57.8 Å². The van der Waals surface area contributed by atoms with Crippen LogP contribution in [-0.4, -0.2) is 31.3 Å². The van der Waals surface area contributed by atoms with Gasteiger partial charge in [-0.25, -0.2) is 0 Å². The lowest BCUT2D eigenvalue weighted by molar-refractivity contribution is 0.147. The van der Waals surface area contributed by atoms with Crippen LogP contribution in [0.15, 0.2) is 24.3 Å². The SMILES string of the molecule is Cc1[nH]c2c(CN3CCn4nc(C(O)C5CC5)cc4C3)cccc2c1C. The number of aromatic nitrogens is 3. The Morgan fingerprint density at radius 3 is 2.92 bits per heavy atom. The average molecular weight is 350 g/mol. The Bertz CT molecular complexity index is 966. The fraction of sp³-hybridized carbons (Fsp3) is 0.476. The molecular weight excluding hydrogens is 324 g/mol. The van der Waals surface area contributed by atoms with Crippen LogP contribution in [0.3, 0.4) is 0 Å². The molecule has 1 aliphatic carbocycles. The van der Waals surface area contributed by atoms with Gasteiger partial charge in [0.1, 0.15) is 6.10 Å². The van der Waals surface area contributed by atoms with Gasteiger partial charge in [0.2, 0.25) is 0 Å². The number of aryl methyl sites for hydroxylation is 2. The van der Waals surface area contributed by atoms with Crippen molar-refractivity contribution in [3.63, 3.8) is 0 Å². The first kappa shape index (κ1) is 16.1. The molecule has 5 heteroatoms. The van der Waals surface area contributed by atoms with Crippen molar-refractivity contribution < 1.29 is 5.11 Å². The van der Waals surface area contributed by atoms with Crippen LogP contribution in [0.25, 0.3) is 10.9 Å². The van der Waals surface area contributed by atoms with E-state index in [1.54, 1.807) is 0 Å². The van der Waals surface area contributed by atoms with Crippen molar-refractivity contribution in [2.75, 3.05) is 6.54 Å². The Balaban J connectivity index is 1.37. The summed E-state index contributed by atoms with van der Waals surface area (Å²) in [4.78, 5) is 6.04. The fourth-order valence-corrected chi connectivity index (χ4v) is 4.19. The summed E-state index contributed by atoms with van der Waals surface area (Å²) in [5.41, 5.74) is 7.30. The minimum Gasteiger partial charge on any atom is -0.386 e. The molecule has 0 amide bonds. The molecule has 5 rings (SSSR count). The van der Waals surface area contributed by atoms with Gasteiger partial charge in [-0.05, 0) is 49.8 Å². The van der Waals surface area contributed by atoms with Gasteiger partial charge in [-0.15, -0.1) is 0 Å². The highest BCUT2D eigenvalue weighted by atomic mass is 16.3. The highest BCUT2D eigenvalue weighted by molar-refractivity contribution is 5.87. The molecule has 5 nitrogen and oxygen atoms in total. The molecule has 2 aromatic heterocycles. The third-order valence-electron chi connectivity index (χ3n) is 6.09. The van der Waals surface area contributed by atoms with Crippen LogP contribution >= 0.6 is 0 Å². The summed E-state index contributed by atoms with van der Waals surface area (Å²) in [6.45, 7) is 8.03. The molecular formula is C21H26N4O. The number of para-hydroxylation sites is 1. The maximum absolute atomic E-state index is 10.4. The van der Waals surface area contributed by atoms with Gasteiger partial charge < -0.3 is 10.1 Å². The Hall–Kier alpha value is -2.11. The predicted molar refractivity (Wildman–Crippen MR) is 102 cm³/mol. The van der Waals surface area contributed by atoms with E-state index >= 15 is 0 Å². The number of aromatic amines is 1. The summed E-state index contributed by atoms with van der Waals surface area (Å²) in [7, 11) is 0. The Morgan fingerprint density at radius 2 is 2.12 bits per heavy atom. The number of H-pyrrole nitrogens is 1. The Morgan fingerprint density at radius 1 is 1.27 bits per heavy atom. The third-order valence-corrected chi connectivity index (χ3v) is 6.09. The molecule has 3 aromatic rings. The molecule has 1 unspecified atom stereocenters. The molecule has 1 fully saturated rings. The van der Waals surface area contributed by atoms with Crippen LogP contribution < -0.4 is 0 Å². The Kier molecular flexibility index (Phi) is 3.69. The molecule has 3 heterocycles. The first-order valence-corrected chi connectivity index (χ1v) is 9.64. The van der Waals surface area contributed by atoms with Crippen molar-refractivity contribution in [3.8, 4) is 0 Å². The molecule has 1 atom stereocenters. The van der Waals surface area contributed by atoms with Gasteiger partial charge in [-0.3, -0.25) is 9.58 Å². The second-order valence-electron chi connectivity index (χ2n) is 7.99. The first-order chi connectivity index (χ1) is 12.6. The molecule has 0 radical (unpaired) electrons. The van der Waals surface area contributed by atoms with Gasteiger partial charge in [-0.2, -0.15) is 5.10 Å². The van der Waals surface area contributed by atoms with Crippen LogP contribution in [0.1, 0.15) is 47.2 Å². The molecule has 0 saturated heterocycles. The molecule has 0 bridgehead atoms. The van der Waals surface area contributed by atoms with Gasteiger partial charge in [0, 0.05) is 30.7 Å². The molecule has 2 aliphatic rings. The lowest BCUT2D eigenvalue weighted by Gasteiger charge is -2.27. The smallest absolute Gasteiger partial charge is 0.101 e. The topological polar surface area (TPSA) is 57.1 Å². The number of hydrogen-bond acceptors (Lipinski definition) is 3. The molecule has 0 spiro atoms. The molecule has 26 heavy (non-hydrogen) atoms. The van der Waals surface area contributed by atoms with E-state index in [1.807, 2.05) is 0 Å². The molecule has 1 aliphatic heterocycles. The van der Waals surface area contributed by atoms with Crippen LogP contribution in [0.5, 0.6) is 0 Å². The normalized spacial score (nSPS) is 19.0. The van der Waals surface area contributed by atoms with Crippen LogP contribution in [0.2, 0.25) is 0 Å². The first-order valence-electron chi connectivity index (χ1n) is 9.64. The summed E-state index contributed by atoms with van der Waals surface area (Å²) in [6, 6.07) is 8.70. The van der Waals surface area contributed by atoms with Gasteiger partial charge in [0.15, 0.2) is 0 Å². The lowest BCUT2D eigenvalue weighted by Crippen LogP contribution is -2.33. The minimum absolute atomic E-state index is 0.375. The zero-order chi connectivity index (χ0) is 17.8. The number of nitrogens with one attached hydrogen (secondary N) is 1. The van der Waals surface area contributed by atoms with Crippen molar-refractivity contribution >= 4 is 10.9 Å². The minimum atomic E-state index is -0.375. The van der Waals surface area contributed by atoms with Crippen LogP contribution in [0, 0.1) is 19.8 Å². The monoisotopic (exact) mass is 350 g/mol. The maximum Gasteiger partial charge on any atom is 0.101 e. The molecule has 1 aromatic carbocycles. The van der Waals surface area contributed by atoms with E-state index in [0.29, 0.717) is 5.92 Å². The largest absolute Gasteiger partial charge is 0.386 e. The second-order valence-corrected chi connectivity index (χ2v) is 7.99. The quantitative estimate of drug-likeness (QED) is 0.758. The number of benzene rings is 1. The summed E-state index contributed by atoms with van der Waals surface area (Å²) >= 11 is 0. The number of aliphatic hydroxyl groups is 1. The van der Waals surface area contributed by atoms with E-state index in [-0.39, 0.29) is 6.10 Å². The number of hydrogen-bond donors (Lipinski definition) is 2. The van der Waals surface area contributed by atoms with Gasteiger partial charge in [0.25, 0.3) is 0 Å². The zero-order valence-electron chi connectivity index (χ0n) is 15.5. The molecule has 136 valence electrons. The van der Waals surface area contributed by atoms with Gasteiger partial charge in [0.05, 0.1) is 23.4 Å². The number of aliphatic hydroxyl groups excluding tert-OH is 1. The number of fused-ring (bicyclic) bond motifs is 2. The van der Waals surface area contributed by atoms with E-state index < -0.39 is 0 Å². The summed E-state index contributed by atoms with van der Waals surface area (Å²) in [5.74, 6) is 0.431. The molecule has 1 saturated carbocycles. The van der Waals surface area contributed by atoms with Crippen LogP contribution in [0.4, 0.5) is 0 Å².